The monoisotopic (exact) mass is 378 g/mol. The maximum atomic E-state index is 12.4. The van der Waals surface area contributed by atoms with Crippen LogP contribution in [0, 0.1) is 0 Å². The Labute approximate surface area is 152 Å². The number of imidazole rings is 1. The summed E-state index contributed by atoms with van der Waals surface area (Å²) in [6.07, 6.45) is 0.531. The lowest BCUT2D eigenvalue weighted by Gasteiger charge is -2.17. The van der Waals surface area contributed by atoms with Crippen LogP contribution in [0.3, 0.4) is 0 Å². The van der Waals surface area contributed by atoms with Crippen LogP contribution in [0.15, 0.2) is 24.3 Å². The third-order valence-corrected chi connectivity index (χ3v) is 6.21. The van der Waals surface area contributed by atoms with E-state index < -0.39 is 10.0 Å². The second-order valence-corrected chi connectivity index (χ2v) is 8.59. The van der Waals surface area contributed by atoms with Gasteiger partial charge in [-0.1, -0.05) is 18.2 Å². The fourth-order valence-electron chi connectivity index (χ4n) is 3.01. The first-order valence-corrected chi connectivity index (χ1v) is 9.82. The lowest BCUT2D eigenvalue weighted by atomic mass is 9.93. The van der Waals surface area contributed by atoms with Gasteiger partial charge in [0.1, 0.15) is 23.0 Å². The number of hydrogen-bond acceptors (Lipinski definition) is 5. The molecule has 0 unspecified atom stereocenters. The van der Waals surface area contributed by atoms with Crippen molar-refractivity contribution in [3.8, 4) is 5.75 Å². The first-order valence-electron chi connectivity index (χ1n) is 8.21. The van der Waals surface area contributed by atoms with Crippen LogP contribution in [0.5, 0.6) is 5.75 Å². The van der Waals surface area contributed by atoms with E-state index in [1.165, 1.54) is 14.1 Å². The molecule has 0 spiro atoms. The number of methoxy groups -OCH3 is 1. The SMILES string of the molecule is COc1ccccc1[C@@H]1CNC(=O)c2nc(CS(=O)(=O)N(C)C)[nH]c2C1. The van der Waals surface area contributed by atoms with Crippen molar-refractivity contribution in [2.24, 2.45) is 0 Å². The minimum absolute atomic E-state index is 0.00453. The Balaban J connectivity index is 1.93. The number of ether oxygens (including phenoxy) is 1. The summed E-state index contributed by atoms with van der Waals surface area (Å²) in [5.74, 6) is 0.432. The van der Waals surface area contributed by atoms with E-state index in [1.54, 1.807) is 7.11 Å². The van der Waals surface area contributed by atoms with Gasteiger partial charge in [0, 0.05) is 32.3 Å². The summed E-state index contributed by atoms with van der Waals surface area (Å²) in [5, 5.41) is 2.86. The van der Waals surface area contributed by atoms with Gasteiger partial charge < -0.3 is 15.0 Å². The third kappa shape index (κ3) is 3.58. The van der Waals surface area contributed by atoms with Gasteiger partial charge in [0.05, 0.1) is 7.11 Å². The molecule has 1 amide bonds. The van der Waals surface area contributed by atoms with E-state index in [1.807, 2.05) is 24.3 Å². The van der Waals surface area contributed by atoms with Crippen LogP contribution < -0.4 is 10.1 Å². The zero-order valence-electron chi connectivity index (χ0n) is 14.9. The quantitative estimate of drug-likeness (QED) is 0.804. The van der Waals surface area contributed by atoms with E-state index >= 15 is 0 Å². The van der Waals surface area contributed by atoms with Gasteiger partial charge in [-0.25, -0.2) is 17.7 Å². The van der Waals surface area contributed by atoms with Crippen LogP contribution in [0.1, 0.15) is 33.5 Å². The smallest absolute Gasteiger partial charge is 0.271 e. The highest BCUT2D eigenvalue weighted by Crippen LogP contribution is 2.30. The molecule has 1 aromatic heterocycles. The number of rotatable bonds is 5. The molecule has 2 aromatic rings. The molecule has 2 N–H and O–H groups in total. The molecule has 1 aliphatic rings. The molecule has 8 nitrogen and oxygen atoms in total. The highest BCUT2D eigenvalue weighted by Gasteiger charge is 2.28. The van der Waals surface area contributed by atoms with Crippen LogP contribution in [-0.2, 0) is 22.2 Å². The first kappa shape index (κ1) is 18.4. The van der Waals surface area contributed by atoms with Crippen molar-refractivity contribution in [1.82, 2.24) is 19.6 Å². The van der Waals surface area contributed by atoms with Crippen LogP contribution in [0.2, 0.25) is 0 Å². The number of aromatic nitrogens is 2. The number of carbonyl (C=O) groups excluding carboxylic acids is 1. The normalized spacial score (nSPS) is 17.5. The fourth-order valence-corrected chi connectivity index (χ4v) is 3.75. The van der Waals surface area contributed by atoms with Crippen molar-refractivity contribution < 1.29 is 17.9 Å². The average molecular weight is 378 g/mol. The number of carbonyl (C=O) groups is 1. The maximum absolute atomic E-state index is 12.4. The number of fused-ring (bicyclic) bond motifs is 1. The van der Waals surface area contributed by atoms with Gasteiger partial charge in [-0.3, -0.25) is 4.79 Å². The fraction of sp³-hybridized carbons (Fsp3) is 0.412. The Kier molecular flexibility index (Phi) is 5.01. The Morgan fingerprint density at radius 1 is 1.31 bits per heavy atom. The summed E-state index contributed by atoms with van der Waals surface area (Å²) in [4.78, 5) is 19.6. The van der Waals surface area contributed by atoms with Crippen LogP contribution >= 0.6 is 0 Å². The number of sulfonamides is 1. The number of amides is 1. The molecule has 0 radical (unpaired) electrons. The van der Waals surface area contributed by atoms with Gasteiger partial charge in [-0.15, -0.1) is 0 Å². The van der Waals surface area contributed by atoms with E-state index in [2.05, 4.69) is 15.3 Å². The Hall–Kier alpha value is -2.39. The van der Waals surface area contributed by atoms with Crippen molar-refractivity contribution in [1.29, 1.82) is 0 Å². The molecule has 1 aromatic carbocycles. The third-order valence-electron chi connectivity index (χ3n) is 4.46. The van der Waals surface area contributed by atoms with E-state index in [4.69, 9.17) is 4.74 Å². The van der Waals surface area contributed by atoms with Crippen molar-refractivity contribution in [2.45, 2.75) is 18.1 Å². The van der Waals surface area contributed by atoms with Gasteiger partial charge >= 0.3 is 0 Å². The largest absolute Gasteiger partial charge is 0.496 e. The number of hydrogen-bond donors (Lipinski definition) is 2. The number of para-hydroxylation sites is 1. The Morgan fingerprint density at radius 3 is 2.73 bits per heavy atom. The summed E-state index contributed by atoms with van der Waals surface area (Å²) < 4.78 is 30.7. The molecule has 0 aliphatic carbocycles. The zero-order chi connectivity index (χ0) is 18.9. The number of benzene rings is 1. The van der Waals surface area contributed by atoms with Crippen molar-refractivity contribution in [3.63, 3.8) is 0 Å². The summed E-state index contributed by atoms with van der Waals surface area (Å²) >= 11 is 0. The summed E-state index contributed by atoms with van der Waals surface area (Å²) in [6, 6.07) is 7.66. The lowest BCUT2D eigenvalue weighted by Crippen LogP contribution is -2.27. The zero-order valence-corrected chi connectivity index (χ0v) is 15.8. The molecule has 1 aliphatic heterocycles. The molecule has 140 valence electrons. The van der Waals surface area contributed by atoms with Crippen LogP contribution in [-0.4, -0.2) is 56.3 Å². The molecule has 0 saturated heterocycles. The van der Waals surface area contributed by atoms with E-state index in [0.717, 1.165) is 15.6 Å². The number of nitrogens with one attached hydrogen (secondary N) is 2. The predicted molar refractivity (Wildman–Crippen MR) is 96.7 cm³/mol. The topological polar surface area (TPSA) is 104 Å². The van der Waals surface area contributed by atoms with Gasteiger partial charge in [0.15, 0.2) is 0 Å². The highest BCUT2D eigenvalue weighted by molar-refractivity contribution is 7.88. The molecule has 26 heavy (non-hydrogen) atoms. The van der Waals surface area contributed by atoms with Gasteiger partial charge in [0.25, 0.3) is 5.91 Å². The molecular formula is C17H22N4O4S. The molecule has 9 heteroatoms. The maximum Gasteiger partial charge on any atom is 0.271 e. The molecule has 2 heterocycles. The molecule has 0 saturated carbocycles. The first-order chi connectivity index (χ1) is 12.3. The molecule has 0 fully saturated rings. The van der Waals surface area contributed by atoms with Crippen LogP contribution in [0.25, 0.3) is 0 Å². The minimum atomic E-state index is -3.47. The summed E-state index contributed by atoms with van der Waals surface area (Å²) in [6.45, 7) is 0.453. The van der Waals surface area contributed by atoms with Gasteiger partial charge in [0.2, 0.25) is 10.0 Å². The molecule has 0 bridgehead atoms. The van der Waals surface area contributed by atoms with E-state index in [-0.39, 0.29) is 29.1 Å². The number of aromatic amines is 1. The second-order valence-electron chi connectivity index (χ2n) is 6.40. The Morgan fingerprint density at radius 2 is 2.04 bits per heavy atom. The van der Waals surface area contributed by atoms with Crippen molar-refractivity contribution >= 4 is 15.9 Å². The highest BCUT2D eigenvalue weighted by atomic mass is 32.2. The number of H-pyrrole nitrogens is 1. The van der Waals surface area contributed by atoms with E-state index in [9.17, 15) is 13.2 Å². The Bertz CT molecular complexity index is 921. The van der Waals surface area contributed by atoms with E-state index in [0.29, 0.717) is 18.7 Å². The van der Waals surface area contributed by atoms with Gasteiger partial charge in [-0.2, -0.15) is 0 Å². The summed E-state index contributed by atoms with van der Waals surface area (Å²) in [5.41, 5.74) is 1.88. The van der Waals surface area contributed by atoms with Crippen molar-refractivity contribution in [2.75, 3.05) is 27.7 Å². The standard InChI is InChI=1S/C17H22N4O4S/c1-21(2)26(23,24)10-15-19-13-8-11(9-18-17(22)16(13)20-15)12-6-4-5-7-14(12)25-3/h4-7,11H,8-10H2,1-3H3,(H,18,22)(H,19,20)/t11-/m0/s1. The minimum Gasteiger partial charge on any atom is -0.496 e. The van der Waals surface area contributed by atoms with Crippen LogP contribution in [0.4, 0.5) is 0 Å². The predicted octanol–water partition coefficient (Wildman–Crippen LogP) is 0.879. The lowest BCUT2D eigenvalue weighted by molar-refractivity contribution is 0.0950. The van der Waals surface area contributed by atoms with Gasteiger partial charge in [-0.05, 0) is 18.1 Å². The molecular weight excluding hydrogens is 356 g/mol. The molecule has 3 rings (SSSR count). The molecule has 1 atom stereocenters. The summed E-state index contributed by atoms with van der Waals surface area (Å²) in [7, 11) is 1.08. The number of nitrogens with zero attached hydrogens (tertiary/aromatic N) is 2. The average Bonchev–Trinajstić information content (AvgIpc) is 2.93. The van der Waals surface area contributed by atoms with Crippen molar-refractivity contribution in [3.05, 3.63) is 47.0 Å². The second kappa shape index (κ2) is 7.08.